The van der Waals surface area contributed by atoms with Crippen molar-refractivity contribution >= 4 is 8.80 Å². The minimum absolute atomic E-state index is 0.569. The van der Waals surface area contributed by atoms with E-state index in [2.05, 4.69) is 31.9 Å². The molecule has 73 valence electrons. The van der Waals surface area contributed by atoms with Gasteiger partial charge in [0.1, 0.15) is 8.80 Å². The highest BCUT2D eigenvalue weighted by atomic mass is 28.3. The summed E-state index contributed by atoms with van der Waals surface area (Å²) < 4.78 is 0. The molecule has 0 nitrogen and oxygen atoms in total. The first-order chi connectivity index (χ1) is 6.35. The summed E-state index contributed by atoms with van der Waals surface area (Å²) in [7, 11) is -0.569. The molecule has 0 aliphatic carbocycles. The molecule has 0 aromatic carbocycles. The molecule has 1 heteroatoms. The van der Waals surface area contributed by atoms with Crippen molar-refractivity contribution in [2.45, 2.75) is 39.0 Å². The summed E-state index contributed by atoms with van der Waals surface area (Å²) in [6.07, 6.45) is 8.88. The van der Waals surface area contributed by atoms with Crippen LogP contribution < -0.4 is 0 Å². The van der Waals surface area contributed by atoms with Crippen LogP contribution >= 0.6 is 0 Å². The number of hydrogen-bond acceptors (Lipinski definition) is 0. The average Bonchev–Trinajstić information content (AvgIpc) is 2.17. The first-order valence-corrected chi connectivity index (χ1v) is 6.86. The van der Waals surface area contributed by atoms with Crippen molar-refractivity contribution in [2.24, 2.45) is 0 Å². The van der Waals surface area contributed by atoms with Crippen molar-refractivity contribution in [1.29, 1.82) is 0 Å². The SMILES string of the molecule is C=C[Si](C=C)/C=C/CCCCCC. The zero-order valence-corrected chi connectivity index (χ0v) is 9.76. The van der Waals surface area contributed by atoms with Crippen LogP contribution in [0, 0.1) is 0 Å². The van der Waals surface area contributed by atoms with E-state index in [1.807, 2.05) is 11.4 Å². The second-order valence-corrected chi connectivity index (χ2v) is 5.31. The fourth-order valence-corrected chi connectivity index (χ4v) is 2.01. The van der Waals surface area contributed by atoms with Crippen molar-refractivity contribution in [3.05, 3.63) is 36.3 Å². The van der Waals surface area contributed by atoms with E-state index in [0.717, 1.165) is 0 Å². The summed E-state index contributed by atoms with van der Waals surface area (Å²) in [5, 5.41) is 0. The van der Waals surface area contributed by atoms with E-state index < -0.39 is 8.80 Å². The summed E-state index contributed by atoms with van der Waals surface area (Å²) in [5.74, 6) is 0. The largest absolute Gasteiger partial charge is 0.129 e. The lowest BCUT2D eigenvalue weighted by Crippen LogP contribution is -1.99. The highest BCUT2D eigenvalue weighted by Crippen LogP contribution is 2.03. The Kier molecular flexibility index (Phi) is 9.11. The van der Waals surface area contributed by atoms with Crippen LogP contribution in [0.3, 0.4) is 0 Å². The summed E-state index contributed by atoms with van der Waals surface area (Å²) >= 11 is 0. The third-order valence-electron chi connectivity index (χ3n) is 2.01. The first kappa shape index (κ1) is 12.4. The molecule has 0 fully saturated rings. The molecule has 0 aromatic rings. The van der Waals surface area contributed by atoms with Gasteiger partial charge in [-0.2, -0.15) is 0 Å². The molecule has 0 spiro atoms. The highest BCUT2D eigenvalue weighted by molar-refractivity contribution is 6.74. The van der Waals surface area contributed by atoms with Crippen LogP contribution in [-0.2, 0) is 0 Å². The van der Waals surface area contributed by atoms with Gasteiger partial charge >= 0.3 is 0 Å². The van der Waals surface area contributed by atoms with Crippen molar-refractivity contribution in [3.63, 3.8) is 0 Å². The molecule has 0 atom stereocenters. The molecule has 0 aromatic heterocycles. The predicted molar refractivity (Wildman–Crippen MR) is 64.0 cm³/mol. The van der Waals surface area contributed by atoms with Gasteiger partial charge in [0.2, 0.25) is 0 Å². The maximum absolute atomic E-state index is 3.78. The van der Waals surface area contributed by atoms with Crippen LogP contribution in [0.15, 0.2) is 36.3 Å². The molecule has 0 aliphatic heterocycles. The Balaban J connectivity index is 3.39. The van der Waals surface area contributed by atoms with Crippen LogP contribution in [-0.4, -0.2) is 8.80 Å². The van der Waals surface area contributed by atoms with Gasteiger partial charge in [0, 0.05) is 0 Å². The van der Waals surface area contributed by atoms with E-state index in [4.69, 9.17) is 0 Å². The summed E-state index contributed by atoms with van der Waals surface area (Å²) in [6, 6.07) is 0. The summed E-state index contributed by atoms with van der Waals surface area (Å²) in [5.41, 5.74) is 6.30. The van der Waals surface area contributed by atoms with E-state index in [9.17, 15) is 0 Å². The lowest BCUT2D eigenvalue weighted by Gasteiger charge is -1.96. The van der Waals surface area contributed by atoms with Gasteiger partial charge in [0.05, 0.1) is 0 Å². The van der Waals surface area contributed by atoms with Crippen LogP contribution in [0.25, 0.3) is 0 Å². The minimum atomic E-state index is -0.569. The lowest BCUT2D eigenvalue weighted by atomic mass is 10.2. The maximum atomic E-state index is 3.78. The van der Waals surface area contributed by atoms with Crippen molar-refractivity contribution in [2.75, 3.05) is 0 Å². The van der Waals surface area contributed by atoms with Crippen LogP contribution in [0.2, 0.25) is 0 Å². The molecule has 0 heterocycles. The molecule has 0 N–H and O–H groups in total. The summed E-state index contributed by atoms with van der Waals surface area (Å²) in [4.78, 5) is 0. The van der Waals surface area contributed by atoms with Crippen molar-refractivity contribution < 1.29 is 0 Å². The Morgan fingerprint density at radius 3 is 2.31 bits per heavy atom. The molecular formula is C12H21Si. The fraction of sp³-hybridized carbons (Fsp3) is 0.500. The van der Waals surface area contributed by atoms with E-state index in [1.54, 1.807) is 0 Å². The summed E-state index contributed by atoms with van der Waals surface area (Å²) in [6.45, 7) is 9.81. The van der Waals surface area contributed by atoms with Crippen molar-refractivity contribution in [1.82, 2.24) is 0 Å². The Labute approximate surface area is 84.7 Å². The van der Waals surface area contributed by atoms with Gasteiger partial charge < -0.3 is 0 Å². The smallest absolute Gasteiger partial charge is 0.106 e. The predicted octanol–water partition coefficient (Wildman–Crippen LogP) is 4.00. The first-order valence-electron chi connectivity index (χ1n) is 5.13. The normalized spacial score (nSPS) is 10.9. The lowest BCUT2D eigenvalue weighted by molar-refractivity contribution is 0.674. The maximum Gasteiger partial charge on any atom is 0.129 e. The minimum Gasteiger partial charge on any atom is -0.106 e. The molecule has 0 bridgehead atoms. The molecule has 1 radical (unpaired) electrons. The van der Waals surface area contributed by atoms with E-state index in [0.29, 0.717) is 0 Å². The molecular weight excluding hydrogens is 172 g/mol. The Bertz CT molecular complexity index is 151. The molecule has 0 unspecified atom stereocenters. The van der Waals surface area contributed by atoms with Gasteiger partial charge in [-0.3, -0.25) is 0 Å². The standard InChI is InChI=1S/C12H21Si/c1-4-7-8-9-10-11-12-13(5-2)6-3/h5-6,11-12H,2-4,7-10H2,1H3/b12-11+. The Morgan fingerprint density at radius 2 is 1.77 bits per heavy atom. The second kappa shape index (κ2) is 9.52. The number of unbranched alkanes of at least 4 members (excludes halogenated alkanes) is 4. The molecule has 13 heavy (non-hydrogen) atoms. The average molecular weight is 193 g/mol. The molecule has 0 saturated heterocycles. The van der Waals surface area contributed by atoms with Gasteiger partial charge in [0.25, 0.3) is 0 Å². The highest BCUT2D eigenvalue weighted by Gasteiger charge is 1.92. The number of hydrogen-bond donors (Lipinski definition) is 0. The van der Waals surface area contributed by atoms with Gasteiger partial charge in [-0.1, -0.05) is 49.4 Å². The molecule has 0 saturated carbocycles. The van der Waals surface area contributed by atoms with E-state index in [-0.39, 0.29) is 0 Å². The zero-order chi connectivity index (χ0) is 9.94. The van der Waals surface area contributed by atoms with Crippen LogP contribution in [0.1, 0.15) is 39.0 Å². The van der Waals surface area contributed by atoms with Crippen LogP contribution in [0.5, 0.6) is 0 Å². The third kappa shape index (κ3) is 7.79. The Morgan fingerprint density at radius 1 is 1.08 bits per heavy atom. The second-order valence-electron chi connectivity index (χ2n) is 3.16. The number of allylic oxidation sites excluding steroid dienone is 1. The fourth-order valence-electron chi connectivity index (χ4n) is 1.13. The quantitative estimate of drug-likeness (QED) is 0.404. The third-order valence-corrected chi connectivity index (χ3v) is 3.57. The topological polar surface area (TPSA) is 0 Å². The van der Waals surface area contributed by atoms with E-state index >= 15 is 0 Å². The van der Waals surface area contributed by atoms with Gasteiger partial charge in [-0.05, 0) is 12.8 Å². The van der Waals surface area contributed by atoms with Crippen molar-refractivity contribution in [3.8, 4) is 0 Å². The monoisotopic (exact) mass is 193 g/mol. The Hall–Kier alpha value is -0.563. The van der Waals surface area contributed by atoms with Gasteiger partial charge in [-0.15, -0.1) is 13.2 Å². The molecule has 0 rings (SSSR count). The van der Waals surface area contributed by atoms with Gasteiger partial charge in [-0.25, -0.2) is 0 Å². The molecule has 0 amide bonds. The molecule has 0 aliphatic rings. The van der Waals surface area contributed by atoms with Crippen LogP contribution in [0.4, 0.5) is 0 Å². The van der Waals surface area contributed by atoms with E-state index in [1.165, 1.54) is 32.1 Å². The number of rotatable bonds is 8. The zero-order valence-electron chi connectivity index (χ0n) is 8.76. The van der Waals surface area contributed by atoms with Gasteiger partial charge in [0.15, 0.2) is 0 Å².